The molecule has 0 N–H and O–H groups in total. The van der Waals surface area contributed by atoms with Crippen LogP contribution in [0.5, 0.6) is 17.2 Å². The molecule has 170 valence electrons. The zero-order valence-electron chi connectivity index (χ0n) is 17.9. The lowest BCUT2D eigenvalue weighted by atomic mass is 9.80. The maximum Gasteiger partial charge on any atom is 0.255 e. The summed E-state index contributed by atoms with van der Waals surface area (Å²) >= 11 is 6.27. The molecule has 1 fully saturated rings. The highest BCUT2D eigenvalue weighted by molar-refractivity contribution is 6.33. The van der Waals surface area contributed by atoms with Gasteiger partial charge in [0.05, 0.1) is 17.2 Å². The van der Waals surface area contributed by atoms with Crippen molar-refractivity contribution in [2.45, 2.75) is 12.3 Å². The molecule has 3 aromatic carbocycles. The zero-order chi connectivity index (χ0) is 22.8. The summed E-state index contributed by atoms with van der Waals surface area (Å²) in [4.78, 5) is 15.0. The SMILES string of the molecule is O=C(c1ccccc1Cl)N1CCC(c2ccc(F)cc2)C(COc2ccc3c(c2)OCO3)C1. The van der Waals surface area contributed by atoms with Crippen molar-refractivity contribution in [1.29, 1.82) is 0 Å². The van der Waals surface area contributed by atoms with Crippen LogP contribution in [0.4, 0.5) is 4.39 Å². The van der Waals surface area contributed by atoms with Crippen LogP contribution in [0.15, 0.2) is 66.7 Å². The van der Waals surface area contributed by atoms with E-state index in [2.05, 4.69) is 0 Å². The number of carbonyl (C=O) groups is 1. The quantitative estimate of drug-likeness (QED) is 0.495. The molecule has 7 heteroatoms. The van der Waals surface area contributed by atoms with E-state index in [1.54, 1.807) is 12.1 Å². The number of benzene rings is 3. The minimum Gasteiger partial charge on any atom is -0.493 e. The van der Waals surface area contributed by atoms with E-state index in [0.717, 1.165) is 12.0 Å². The Kier molecular flexibility index (Phi) is 6.09. The standard InChI is InChI=1S/C26H23ClFNO4/c27-23-4-2-1-3-22(23)26(30)29-12-11-21(17-5-7-19(28)8-6-17)18(14-29)15-31-20-9-10-24-25(13-20)33-16-32-24/h1-10,13,18,21H,11-12,14-16H2. The molecule has 5 nitrogen and oxygen atoms in total. The normalized spacial score (nSPS) is 19.4. The van der Waals surface area contributed by atoms with E-state index in [0.29, 0.717) is 47.5 Å². The van der Waals surface area contributed by atoms with Crippen LogP contribution < -0.4 is 14.2 Å². The molecule has 2 aliphatic rings. The van der Waals surface area contributed by atoms with Crippen LogP contribution in [0, 0.1) is 11.7 Å². The number of rotatable bonds is 5. The molecule has 3 aromatic rings. The molecule has 1 amide bonds. The first-order chi connectivity index (χ1) is 16.1. The van der Waals surface area contributed by atoms with Crippen molar-refractivity contribution in [2.75, 3.05) is 26.5 Å². The Bertz CT molecular complexity index is 1150. The maximum absolute atomic E-state index is 13.5. The molecule has 2 aliphatic heterocycles. The van der Waals surface area contributed by atoms with Gasteiger partial charge in [0, 0.05) is 25.1 Å². The Morgan fingerprint density at radius 2 is 1.85 bits per heavy atom. The molecule has 0 aliphatic carbocycles. The molecular formula is C26H23ClFNO4. The number of likely N-dealkylation sites (tertiary alicyclic amines) is 1. The molecule has 0 aromatic heterocycles. The molecule has 2 unspecified atom stereocenters. The van der Waals surface area contributed by atoms with Gasteiger partial charge in [-0.15, -0.1) is 0 Å². The molecule has 0 spiro atoms. The summed E-state index contributed by atoms with van der Waals surface area (Å²) in [5.74, 6) is 1.81. The summed E-state index contributed by atoms with van der Waals surface area (Å²) in [7, 11) is 0. The summed E-state index contributed by atoms with van der Waals surface area (Å²) in [5.41, 5.74) is 1.54. The monoisotopic (exact) mass is 467 g/mol. The Labute approximate surface area is 196 Å². The minimum atomic E-state index is -0.266. The van der Waals surface area contributed by atoms with Gasteiger partial charge in [-0.05, 0) is 54.3 Å². The lowest BCUT2D eigenvalue weighted by Gasteiger charge is -2.39. The highest BCUT2D eigenvalue weighted by atomic mass is 35.5. The molecule has 0 saturated carbocycles. The highest BCUT2D eigenvalue weighted by Gasteiger charge is 2.34. The lowest BCUT2D eigenvalue weighted by Crippen LogP contribution is -2.45. The predicted octanol–water partition coefficient (Wildman–Crippen LogP) is 5.53. The van der Waals surface area contributed by atoms with E-state index >= 15 is 0 Å². The van der Waals surface area contributed by atoms with Gasteiger partial charge in [0.15, 0.2) is 11.5 Å². The molecular weight excluding hydrogens is 445 g/mol. The van der Waals surface area contributed by atoms with Crippen LogP contribution in [0.25, 0.3) is 0 Å². The van der Waals surface area contributed by atoms with Crippen molar-refractivity contribution in [3.8, 4) is 17.2 Å². The van der Waals surface area contributed by atoms with E-state index < -0.39 is 0 Å². The number of hydrogen-bond acceptors (Lipinski definition) is 4. The third kappa shape index (κ3) is 4.62. The number of halogens is 2. The number of fused-ring (bicyclic) bond motifs is 1. The van der Waals surface area contributed by atoms with Crippen LogP contribution in [0.2, 0.25) is 5.02 Å². The van der Waals surface area contributed by atoms with Gasteiger partial charge in [0.25, 0.3) is 5.91 Å². The van der Waals surface area contributed by atoms with Crippen molar-refractivity contribution in [3.05, 3.63) is 88.7 Å². The van der Waals surface area contributed by atoms with E-state index in [9.17, 15) is 9.18 Å². The highest BCUT2D eigenvalue weighted by Crippen LogP contribution is 2.37. The van der Waals surface area contributed by atoms with Crippen LogP contribution in [0.3, 0.4) is 0 Å². The van der Waals surface area contributed by atoms with E-state index in [1.165, 1.54) is 12.1 Å². The number of amides is 1. The van der Waals surface area contributed by atoms with Crippen molar-refractivity contribution < 1.29 is 23.4 Å². The van der Waals surface area contributed by atoms with Crippen LogP contribution in [-0.4, -0.2) is 37.3 Å². The van der Waals surface area contributed by atoms with Crippen molar-refractivity contribution in [1.82, 2.24) is 4.90 Å². The number of carbonyl (C=O) groups excluding carboxylic acids is 1. The average Bonchev–Trinajstić information content (AvgIpc) is 3.31. The largest absolute Gasteiger partial charge is 0.493 e. The fourth-order valence-electron chi connectivity index (χ4n) is 4.51. The first-order valence-electron chi connectivity index (χ1n) is 10.9. The maximum atomic E-state index is 13.5. The Balaban J connectivity index is 1.36. The first kappa shape index (κ1) is 21.6. The van der Waals surface area contributed by atoms with Crippen molar-refractivity contribution in [3.63, 3.8) is 0 Å². The lowest BCUT2D eigenvalue weighted by molar-refractivity contribution is 0.0595. The van der Waals surface area contributed by atoms with Gasteiger partial charge >= 0.3 is 0 Å². The van der Waals surface area contributed by atoms with E-state index in [-0.39, 0.29) is 30.4 Å². The van der Waals surface area contributed by atoms with Crippen LogP contribution in [-0.2, 0) is 0 Å². The third-order valence-electron chi connectivity index (χ3n) is 6.23. The van der Waals surface area contributed by atoms with Gasteiger partial charge in [0.2, 0.25) is 6.79 Å². The van der Waals surface area contributed by atoms with Gasteiger partial charge in [-0.1, -0.05) is 35.9 Å². The number of hydrogen-bond donors (Lipinski definition) is 0. The molecule has 0 bridgehead atoms. The Hall–Kier alpha value is -3.25. The second-order valence-corrected chi connectivity index (χ2v) is 8.67. The number of nitrogens with zero attached hydrogens (tertiary/aromatic N) is 1. The second-order valence-electron chi connectivity index (χ2n) is 8.26. The number of piperidine rings is 1. The summed E-state index contributed by atoms with van der Waals surface area (Å²) in [6.45, 7) is 1.70. The first-order valence-corrected chi connectivity index (χ1v) is 11.3. The van der Waals surface area contributed by atoms with Crippen LogP contribution in [0.1, 0.15) is 28.3 Å². The zero-order valence-corrected chi connectivity index (χ0v) is 18.6. The van der Waals surface area contributed by atoms with E-state index in [4.69, 9.17) is 25.8 Å². The fraction of sp³-hybridized carbons (Fsp3) is 0.269. The van der Waals surface area contributed by atoms with Gasteiger partial charge < -0.3 is 19.1 Å². The summed E-state index contributed by atoms with van der Waals surface area (Å²) in [6.07, 6.45) is 0.747. The molecule has 2 heterocycles. The summed E-state index contributed by atoms with van der Waals surface area (Å²) in [6, 6.07) is 19.2. The summed E-state index contributed by atoms with van der Waals surface area (Å²) in [5, 5.41) is 0.441. The van der Waals surface area contributed by atoms with Gasteiger partial charge in [-0.2, -0.15) is 0 Å². The molecule has 33 heavy (non-hydrogen) atoms. The second kappa shape index (κ2) is 9.32. The Morgan fingerprint density at radius 1 is 1.06 bits per heavy atom. The van der Waals surface area contributed by atoms with E-state index in [1.807, 2.05) is 47.4 Å². The topological polar surface area (TPSA) is 48.0 Å². The molecule has 0 radical (unpaired) electrons. The summed E-state index contributed by atoms with van der Waals surface area (Å²) < 4.78 is 30.4. The van der Waals surface area contributed by atoms with Gasteiger partial charge in [-0.25, -0.2) is 4.39 Å². The minimum absolute atomic E-state index is 0.0149. The van der Waals surface area contributed by atoms with Crippen molar-refractivity contribution >= 4 is 17.5 Å². The molecule has 1 saturated heterocycles. The third-order valence-corrected chi connectivity index (χ3v) is 6.56. The Morgan fingerprint density at radius 3 is 2.67 bits per heavy atom. The smallest absolute Gasteiger partial charge is 0.255 e. The predicted molar refractivity (Wildman–Crippen MR) is 123 cm³/mol. The van der Waals surface area contributed by atoms with Crippen LogP contribution >= 0.6 is 11.6 Å². The van der Waals surface area contributed by atoms with Gasteiger partial charge in [-0.3, -0.25) is 4.79 Å². The molecule has 5 rings (SSSR count). The number of ether oxygens (including phenoxy) is 3. The average molecular weight is 468 g/mol. The molecule has 2 atom stereocenters. The van der Waals surface area contributed by atoms with Gasteiger partial charge in [0.1, 0.15) is 11.6 Å². The fourth-order valence-corrected chi connectivity index (χ4v) is 4.73. The van der Waals surface area contributed by atoms with Crippen molar-refractivity contribution in [2.24, 2.45) is 5.92 Å².